The van der Waals surface area contributed by atoms with Crippen molar-refractivity contribution in [1.82, 2.24) is 9.97 Å². The molecule has 1 aromatic rings. The van der Waals surface area contributed by atoms with Crippen LogP contribution < -0.4 is 4.90 Å². The molecule has 1 aromatic heterocycles. The van der Waals surface area contributed by atoms with Crippen molar-refractivity contribution in [1.29, 1.82) is 0 Å². The van der Waals surface area contributed by atoms with Gasteiger partial charge in [0.2, 0.25) is 0 Å². The highest BCUT2D eigenvalue weighted by Gasteiger charge is 2.52. The van der Waals surface area contributed by atoms with E-state index < -0.39 is 5.60 Å². The molecule has 2 heterocycles. The smallest absolute Gasteiger partial charge is 0.132 e. The van der Waals surface area contributed by atoms with Crippen LogP contribution >= 0.6 is 0 Å². The van der Waals surface area contributed by atoms with E-state index in [9.17, 15) is 5.11 Å². The molecular formula is C14H21N3O2. The van der Waals surface area contributed by atoms with E-state index in [1.165, 1.54) is 0 Å². The van der Waals surface area contributed by atoms with E-state index in [-0.39, 0.29) is 0 Å². The van der Waals surface area contributed by atoms with E-state index in [2.05, 4.69) is 21.8 Å². The van der Waals surface area contributed by atoms with Crippen molar-refractivity contribution in [3.63, 3.8) is 0 Å². The van der Waals surface area contributed by atoms with Crippen LogP contribution in [0.1, 0.15) is 25.5 Å². The van der Waals surface area contributed by atoms with Gasteiger partial charge in [-0.3, -0.25) is 0 Å². The standard InChI is InChI=1S/C14H21N3O2/c1-10-6-17(8-14(10,18)11-3-4-11)13-5-12(7-19-2)15-9-16-13/h5,9-11,18H,3-4,6-8H2,1-2H3. The van der Waals surface area contributed by atoms with Crippen LogP contribution in [0.2, 0.25) is 0 Å². The molecule has 2 fully saturated rings. The fraction of sp³-hybridized carbons (Fsp3) is 0.714. The van der Waals surface area contributed by atoms with Gasteiger partial charge in [0.15, 0.2) is 0 Å². The first-order valence-electron chi connectivity index (χ1n) is 6.90. The van der Waals surface area contributed by atoms with Gasteiger partial charge in [-0.1, -0.05) is 6.92 Å². The van der Waals surface area contributed by atoms with Gasteiger partial charge in [0.25, 0.3) is 0 Å². The van der Waals surface area contributed by atoms with Crippen LogP contribution in [0.15, 0.2) is 12.4 Å². The zero-order chi connectivity index (χ0) is 13.5. The minimum absolute atomic E-state index is 0.292. The Bertz CT molecular complexity index is 464. The lowest BCUT2D eigenvalue weighted by Gasteiger charge is -2.26. The summed E-state index contributed by atoms with van der Waals surface area (Å²) < 4.78 is 5.10. The van der Waals surface area contributed by atoms with Crippen molar-refractivity contribution in [2.24, 2.45) is 11.8 Å². The molecule has 2 unspecified atom stereocenters. The molecule has 3 rings (SSSR count). The van der Waals surface area contributed by atoms with Crippen LogP contribution in [-0.2, 0) is 11.3 Å². The molecule has 5 heteroatoms. The Morgan fingerprint density at radius 2 is 2.26 bits per heavy atom. The number of hydrogen-bond acceptors (Lipinski definition) is 5. The van der Waals surface area contributed by atoms with Crippen LogP contribution in [0.3, 0.4) is 0 Å². The highest BCUT2D eigenvalue weighted by molar-refractivity contribution is 5.42. The van der Waals surface area contributed by atoms with Crippen LogP contribution in [-0.4, -0.2) is 40.9 Å². The summed E-state index contributed by atoms with van der Waals surface area (Å²) in [4.78, 5) is 10.7. The number of hydrogen-bond donors (Lipinski definition) is 1. The maximum absolute atomic E-state index is 10.8. The van der Waals surface area contributed by atoms with Crippen molar-refractivity contribution < 1.29 is 9.84 Å². The number of methoxy groups -OCH3 is 1. The molecule has 0 radical (unpaired) electrons. The van der Waals surface area contributed by atoms with Gasteiger partial charge in [-0.15, -0.1) is 0 Å². The first-order valence-corrected chi connectivity index (χ1v) is 6.90. The second-order valence-corrected chi connectivity index (χ2v) is 5.85. The topological polar surface area (TPSA) is 58.5 Å². The summed E-state index contributed by atoms with van der Waals surface area (Å²) in [5.41, 5.74) is 0.342. The summed E-state index contributed by atoms with van der Waals surface area (Å²) in [5, 5.41) is 10.8. The zero-order valence-electron chi connectivity index (χ0n) is 11.5. The molecule has 0 spiro atoms. The number of aromatic nitrogens is 2. The van der Waals surface area contributed by atoms with Crippen LogP contribution in [0.5, 0.6) is 0 Å². The van der Waals surface area contributed by atoms with Crippen LogP contribution in [0, 0.1) is 11.8 Å². The van der Waals surface area contributed by atoms with Gasteiger partial charge in [0.05, 0.1) is 17.9 Å². The minimum Gasteiger partial charge on any atom is -0.387 e. The molecule has 0 amide bonds. The predicted octanol–water partition coefficient (Wildman–Crippen LogP) is 1.22. The van der Waals surface area contributed by atoms with E-state index in [4.69, 9.17) is 4.74 Å². The van der Waals surface area contributed by atoms with Gasteiger partial charge in [0, 0.05) is 32.2 Å². The average Bonchev–Trinajstić information content (AvgIpc) is 3.19. The summed E-state index contributed by atoms with van der Waals surface area (Å²) in [6.07, 6.45) is 3.89. The first kappa shape index (κ1) is 12.8. The summed E-state index contributed by atoms with van der Waals surface area (Å²) in [7, 11) is 1.66. The molecule has 104 valence electrons. The van der Waals surface area contributed by atoms with Gasteiger partial charge in [-0.25, -0.2) is 9.97 Å². The second-order valence-electron chi connectivity index (χ2n) is 5.85. The van der Waals surface area contributed by atoms with Crippen LogP contribution in [0.4, 0.5) is 5.82 Å². The van der Waals surface area contributed by atoms with Gasteiger partial charge >= 0.3 is 0 Å². The van der Waals surface area contributed by atoms with Gasteiger partial charge < -0.3 is 14.7 Å². The summed E-state index contributed by atoms with van der Waals surface area (Å²) in [5.74, 6) is 1.67. The Hall–Kier alpha value is -1.20. The molecule has 0 bridgehead atoms. The van der Waals surface area contributed by atoms with Crippen molar-refractivity contribution in [3.8, 4) is 0 Å². The fourth-order valence-corrected chi connectivity index (χ4v) is 3.09. The van der Waals surface area contributed by atoms with E-state index in [1.807, 2.05) is 6.07 Å². The highest BCUT2D eigenvalue weighted by atomic mass is 16.5. The first-order chi connectivity index (χ1) is 9.13. The lowest BCUT2D eigenvalue weighted by atomic mass is 9.88. The van der Waals surface area contributed by atoms with Gasteiger partial charge in [-0.2, -0.15) is 0 Å². The molecule has 1 N–H and O–H groups in total. The largest absolute Gasteiger partial charge is 0.387 e. The fourth-order valence-electron chi connectivity index (χ4n) is 3.09. The Kier molecular flexibility index (Phi) is 3.19. The van der Waals surface area contributed by atoms with Crippen molar-refractivity contribution in [2.75, 3.05) is 25.1 Å². The number of β-amino-alcohol motifs (C(OH)–C–C–N with tert-alkyl or cyclic N) is 1. The molecule has 0 aromatic carbocycles. The quantitative estimate of drug-likeness (QED) is 0.885. The lowest BCUT2D eigenvalue weighted by molar-refractivity contribution is 0.00281. The zero-order valence-corrected chi connectivity index (χ0v) is 11.5. The molecule has 1 aliphatic heterocycles. The van der Waals surface area contributed by atoms with E-state index >= 15 is 0 Å². The molecule has 2 aliphatic rings. The predicted molar refractivity (Wildman–Crippen MR) is 71.8 cm³/mol. The Morgan fingerprint density at radius 1 is 1.47 bits per heavy atom. The third-order valence-electron chi connectivity index (χ3n) is 4.40. The number of anilines is 1. The molecule has 1 saturated carbocycles. The summed E-state index contributed by atoms with van der Waals surface area (Å²) in [6, 6.07) is 1.95. The third-order valence-corrected chi connectivity index (χ3v) is 4.40. The monoisotopic (exact) mass is 263 g/mol. The average molecular weight is 263 g/mol. The molecule has 1 aliphatic carbocycles. The summed E-state index contributed by atoms with van der Waals surface area (Å²) in [6.45, 7) is 4.17. The summed E-state index contributed by atoms with van der Waals surface area (Å²) >= 11 is 0. The molecule has 1 saturated heterocycles. The Balaban J connectivity index is 1.78. The van der Waals surface area contributed by atoms with E-state index in [0.717, 1.165) is 30.9 Å². The Morgan fingerprint density at radius 3 is 2.95 bits per heavy atom. The molecule has 19 heavy (non-hydrogen) atoms. The van der Waals surface area contributed by atoms with Crippen LogP contribution in [0.25, 0.3) is 0 Å². The lowest BCUT2D eigenvalue weighted by Crippen LogP contribution is -2.39. The number of ether oxygens (including phenoxy) is 1. The van der Waals surface area contributed by atoms with Gasteiger partial charge in [-0.05, 0) is 18.8 Å². The Labute approximate surface area is 113 Å². The van der Waals surface area contributed by atoms with Crippen molar-refractivity contribution >= 4 is 5.82 Å². The maximum atomic E-state index is 10.8. The van der Waals surface area contributed by atoms with Crippen molar-refractivity contribution in [3.05, 3.63) is 18.1 Å². The molecule has 5 nitrogen and oxygen atoms in total. The SMILES string of the molecule is COCc1cc(N2CC(C)C(O)(C3CC3)C2)ncn1. The minimum atomic E-state index is -0.535. The van der Waals surface area contributed by atoms with Gasteiger partial charge in [0.1, 0.15) is 12.1 Å². The molecule has 2 atom stereocenters. The second kappa shape index (κ2) is 4.72. The normalized spacial score (nSPS) is 30.9. The van der Waals surface area contributed by atoms with E-state index in [1.54, 1.807) is 13.4 Å². The highest BCUT2D eigenvalue weighted by Crippen LogP contribution is 2.47. The maximum Gasteiger partial charge on any atom is 0.132 e. The van der Waals surface area contributed by atoms with Crippen molar-refractivity contribution in [2.45, 2.75) is 32.0 Å². The third kappa shape index (κ3) is 2.32. The molecular weight excluding hydrogens is 242 g/mol. The number of nitrogens with zero attached hydrogens (tertiary/aromatic N) is 3. The van der Waals surface area contributed by atoms with E-state index in [0.29, 0.717) is 25.0 Å². The number of aliphatic hydroxyl groups is 1. The number of rotatable bonds is 4.